The zero-order valence-electron chi connectivity index (χ0n) is 21.3. The fourth-order valence-corrected chi connectivity index (χ4v) is 5.58. The molecular weight excluding hydrogens is 490 g/mol. The summed E-state index contributed by atoms with van der Waals surface area (Å²) in [4.78, 5) is 29.1. The van der Waals surface area contributed by atoms with Gasteiger partial charge in [-0.3, -0.25) is 14.5 Å². The first-order valence-corrected chi connectivity index (χ1v) is 13.4. The summed E-state index contributed by atoms with van der Waals surface area (Å²) >= 11 is 1.35. The van der Waals surface area contributed by atoms with E-state index in [2.05, 4.69) is 24.0 Å². The van der Waals surface area contributed by atoms with Crippen molar-refractivity contribution in [2.75, 3.05) is 18.1 Å². The van der Waals surface area contributed by atoms with E-state index in [1.807, 2.05) is 32.0 Å². The van der Waals surface area contributed by atoms with Crippen LogP contribution in [0.2, 0.25) is 0 Å². The highest BCUT2D eigenvalue weighted by Crippen LogP contribution is 2.44. The molecule has 0 saturated heterocycles. The topological polar surface area (TPSA) is 94.8 Å². The second-order valence-electron chi connectivity index (χ2n) is 9.31. The standard InChI is InChI=1S/C28H29N3O5S/c1-5-13-35-20-12-11-17(15-21(20)34-6-2)24-23-25(32)18-9-7-8-10-19(18)36-26(23)27(33)31(24)28-30-29-22(37-28)14-16(3)4/h7-12,15-16,24H,5-6,13-14H2,1-4H3. The van der Waals surface area contributed by atoms with Gasteiger partial charge in [0, 0.05) is 6.42 Å². The Morgan fingerprint density at radius 3 is 2.62 bits per heavy atom. The van der Waals surface area contributed by atoms with E-state index < -0.39 is 11.9 Å². The summed E-state index contributed by atoms with van der Waals surface area (Å²) in [7, 11) is 0. The Bertz CT molecular complexity index is 1510. The molecule has 1 atom stereocenters. The first-order valence-electron chi connectivity index (χ1n) is 12.5. The number of nitrogens with zero attached hydrogens (tertiary/aromatic N) is 3. The van der Waals surface area contributed by atoms with E-state index in [0.717, 1.165) is 17.8 Å². The minimum atomic E-state index is -0.748. The van der Waals surface area contributed by atoms with Crippen LogP contribution in [0.15, 0.2) is 51.7 Å². The lowest BCUT2D eigenvalue weighted by Crippen LogP contribution is -2.29. The normalized spacial score (nSPS) is 15.0. The quantitative estimate of drug-likeness (QED) is 0.277. The van der Waals surface area contributed by atoms with E-state index in [0.29, 0.717) is 52.3 Å². The molecule has 0 aliphatic carbocycles. The lowest BCUT2D eigenvalue weighted by Gasteiger charge is -2.23. The average Bonchev–Trinajstić information content (AvgIpc) is 3.45. The van der Waals surface area contributed by atoms with Crippen molar-refractivity contribution < 1.29 is 18.7 Å². The van der Waals surface area contributed by atoms with Crippen LogP contribution in [0, 0.1) is 5.92 Å². The van der Waals surface area contributed by atoms with Crippen molar-refractivity contribution in [3.05, 3.63) is 74.6 Å². The van der Waals surface area contributed by atoms with Crippen molar-refractivity contribution in [2.24, 2.45) is 5.92 Å². The number of carbonyl (C=O) groups is 1. The number of carbonyl (C=O) groups excluding carboxylic acids is 1. The van der Waals surface area contributed by atoms with Gasteiger partial charge in [-0.2, -0.15) is 0 Å². The average molecular weight is 520 g/mol. The molecule has 0 radical (unpaired) electrons. The van der Waals surface area contributed by atoms with Crippen molar-refractivity contribution in [3.63, 3.8) is 0 Å². The molecule has 1 aliphatic rings. The van der Waals surface area contributed by atoms with Crippen molar-refractivity contribution in [2.45, 2.75) is 46.6 Å². The summed E-state index contributed by atoms with van der Waals surface area (Å²) in [6, 6.07) is 11.7. The lowest BCUT2D eigenvalue weighted by atomic mass is 9.98. The van der Waals surface area contributed by atoms with E-state index in [9.17, 15) is 9.59 Å². The molecule has 4 aromatic rings. The van der Waals surface area contributed by atoms with Crippen LogP contribution in [0.3, 0.4) is 0 Å². The molecule has 0 saturated carbocycles. The monoisotopic (exact) mass is 519 g/mol. The first kappa shape index (κ1) is 25.0. The van der Waals surface area contributed by atoms with Crippen LogP contribution in [-0.2, 0) is 6.42 Å². The maximum atomic E-state index is 13.8. The van der Waals surface area contributed by atoms with Gasteiger partial charge in [-0.1, -0.05) is 50.3 Å². The molecule has 0 spiro atoms. The minimum Gasteiger partial charge on any atom is -0.490 e. The van der Waals surface area contributed by atoms with E-state index in [1.54, 1.807) is 24.3 Å². The van der Waals surface area contributed by atoms with Gasteiger partial charge in [-0.25, -0.2) is 0 Å². The molecule has 1 unspecified atom stereocenters. The number of fused-ring (bicyclic) bond motifs is 2. The number of amides is 1. The third-order valence-corrected chi connectivity index (χ3v) is 7.01. The summed E-state index contributed by atoms with van der Waals surface area (Å²) in [5, 5.41) is 10.3. The van der Waals surface area contributed by atoms with Gasteiger partial charge in [0.1, 0.15) is 10.6 Å². The van der Waals surface area contributed by atoms with Crippen LogP contribution in [0.1, 0.15) is 66.8 Å². The minimum absolute atomic E-state index is 0.0265. The van der Waals surface area contributed by atoms with Gasteiger partial charge in [0.25, 0.3) is 5.91 Å². The Morgan fingerprint density at radius 2 is 1.86 bits per heavy atom. The second kappa shape index (κ2) is 10.3. The van der Waals surface area contributed by atoms with Crippen LogP contribution in [0.4, 0.5) is 5.13 Å². The number of hydrogen-bond donors (Lipinski definition) is 0. The van der Waals surface area contributed by atoms with Crippen LogP contribution in [0.25, 0.3) is 11.0 Å². The van der Waals surface area contributed by atoms with Crippen LogP contribution in [-0.4, -0.2) is 29.3 Å². The Balaban J connectivity index is 1.70. The molecule has 1 aliphatic heterocycles. The number of para-hydroxylation sites is 1. The molecule has 0 bridgehead atoms. The van der Waals surface area contributed by atoms with Gasteiger partial charge in [-0.15, -0.1) is 10.2 Å². The van der Waals surface area contributed by atoms with Gasteiger partial charge < -0.3 is 13.9 Å². The zero-order chi connectivity index (χ0) is 26.1. The molecule has 3 heterocycles. The molecule has 2 aromatic heterocycles. The van der Waals surface area contributed by atoms with Crippen LogP contribution >= 0.6 is 11.3 Å². The molecule has 9 heteroatoms. The molecule has 2 aromatic carbocycles. The summed E-state index contributed by atoms with van der Waals surface area (Å²) in [5.74, 6) is 1.17. The molecule has 8 nitrogen and oxygen atoms in total. The van der Waals surface area contributed by atoms with Gasteiger partial charge in [-0.05, 0) is 49.1 Å². The highest BCUT2D eigenvalue weighted by atomic mass is 32.1. The van der Waals surface area contributed by atoms with Crippen molar-refractivity contribution in [3.8, 4) is 11.5 Å². The predicted molar refractivity (Wildman–Crippen MR) is 143 cm³/mol. The Labute approximate surface area is 218 Å². The summed E-state index contributed by atoms with van der Waals surface area (Å²) in [6.45, 7) is 9.13. The molecular formula is C28H29N3O5S. The highest BCUT2D eigenvalue weighted by molar-refractivity contribution is 7.15. The van der Waals surface area contributed by atoms with Crippen molar-refractivity contribution >= 4 is 33.3 Å². The van der Waals surface area contributed by atoms with E-state index in [1.165, 1.54) is 16.2 Å². The number of ether oxygens (including phenoxy) is 2. The maximum absolute atomic E-state index is 13.8. The smallest absolute Gasteiger partial charge is 0.297 e. The Morgan fingerprint density at radius 1 is 1.05 bits per heavy atom. The molecule has 5 rings (SSSR count). The fourth-order valence-electron chi connectivity index (χ4n) is 4.50. The highest BCUT2D eigenvalue weighted by Gasteiger charge is 2.45. The van der Waals surface area contributed by atoms with Gasteiger partial charge in [0.05, 0.1) is 30.2 Å². The molecule has 192 valence electrons. The SMILES string of the molecule is CCCOc1ccc(C2c3c(oc4ccccc4c3=O)C(=O)N2c2nnc(CC(C)C)s2)cc1OCC. The van der Waals surface area contributed by atoms with E-state index in [-0.39, 0.29) is 16.8 Å². The lowest BCUT2D eigenvalue weighted by molar-refractivity contribution is 0.0970. The molecule has 0 N–H and O–H groups in total. The van der Waals surface area contributed by atoms with Crippen LogP contribution in [0.5, 0.6) is 11.5 Å². The third kappa shape index (κ3) is 4.59. The van der Waals surface area contributed by atoms with Crippen LogP contribution < -0.4 is 19.8 Å². The van der Waals surface area contributed by atoms with Gasteiger partial charge in [0.2, 0.25) is 10.9 Å². The maximum Gasteiger partial charge on any atom is 0.297 e. The Hall–Kier alpha value is -3.72. The Kier molecular flexibility index (Phi) is 6.97. The molecule has 1 amide bonds. The second-order valence-corrected chi connectivity index (χ2v) is 10.4. The predicted octanol–water partition coefficient (Wildman–Crippen LogP) is 5.78. The molecule has 37 heavy (non-hydrogen) atoms. The van der Waals surface area contributed by atoms with E-state index in [4.69, 9.17) is 13.9 Å². The van der Waals surface area contributed by atoms with Crippen molar-refractivity contribution in [1.29, 1.82) is 0 Å². The number of anilines is 1. The van der Waals surface area contributed by atoms with Gasteiger partial charge in [0.15, 0.2) is 16.9 Å². The first-order chi connectivity index (χ1) is 17.9. The number of hydrogen-bond acceptors (Lipinski definition) is 8. The summed E-state index contributed by atoms with van der Waals surface area (Å²) in [5.41, 5.74) is 1.11. The summed E-state index contributed by atoms with van der Waals surface area (Å²) in [6.07, 6.45) is 1.60. The third-order valence-electron chi connectivity index (χ3n) is 6.07. The van der Waals surface area contributed by atoms with Crippen molar-refractivity contribution in [1.82, 2.24) is 10.2 Å². The molecule has 0 fully saturated rings. The number of benzene rings is 2. The largest absolute Gasteiger partial charge is 0.490 e. The summed E-state index contributed by atoms with van der Waals surface area (Å²) < 4.78 is 17.8. The number of aromatic nitrogens is 2. The van der Waals surface area contributed by atoms with Gasteiger partial charge >= 0.3 is 0 Å². The zero-order valence-corrected chi connectivity index (χ0v) is 22.1. The van der Waals surface area contributed by atoms with E-state index >= 15 is 0 Å². The fraction of sp³-hybridized carbons (Fsp3) is 0.357. The number of rotatable bonds is 9.